The van der Waals surface area contributed by atoms with E-state index >= 15 is 0 Å². The fourth-order valence-electron chi connectivity index (χ4n) is 3.61. The highest BCUT2D eigenvalue weighted by atomic mass is 32.1. The summed E-state index contributed by atoms with van der Waals surface area (Å²) in [6.07, 6.45) is 2.36. The molecule has 1 saturated heterocycles. The number of anilines is 1. The molecule has 2 aromatic rings. The number of piperidine rings is 1. The van der Waals surface area contributed by atoms with Gasteiger partial charge in [0.05, 0.1) is 6.54 Å². The van der Waals surface area contributed by atoms with Crippen molar-refractivity contribution in [2.75, 3.05) is 38.3 Å². The average molecular weight is 416 g/mol. The molecule has 1 aromatic carbocycles. The van der Waals surface area contributed by atoms with Gasteiger partial charge in [-0.15, -0.1) is 11.3 Å². The van der Waals surface area contributed by atoms with Gasteiger partial charge in [-0.2, -0.15) is 0 Å². The van der Waals surface area contributed by atoms with Crippen LogP contribution < -0.4 is 20.1 Å². The van der Waals surface area contributed by atoms with Crippen LogP contribution in [-0.2, 0) is 16.0 Å². The van der Waals surface area contributed by atoms with E-state index in [1.54, 1.807) is 23.5 Å². The number of likely N-dealkylation sites (tertiary alicyclic amines) is 1. The molecule has 154 valence electrons. The van der Waals surface area contributed by atoms with E-state index in [0.29, 0.717) is 30.3 Å². The predicted octanol–water partition coefficient (Wildman–Crippen LogP) is 2.49. The van der Waals surface area contributed by atoms with Crippen molar-refractivity contribution in [2.24, 2.45) is 5.92 Å². The Kier molecular flexibility index (Phi) is 6.31. The fourth-order valence-corrected chi connectivity index (χ4v) is 4.32. The van der Waals surface area contributed by atoms with Crippen LogP contribution in [0.3, 0.4) is 0 Å². The number of hydrogen-bond acceptors (Lipinski definition) is 6. The number of nitrogens with one attached hydrogen (secondary N) is 2. The molecule has 0 spiro atoms. The zero-order chi connectivity index (χ0) is 20.1. The van der Waals surface area contributed by atoms with Gasteiger partial charge in [0, 0.05) is 29.1 Å². The second kappa shape index (κ2) is 9.28. The lowest BCUT2D eigenvalue weighted by molar-refractivity contribution is -0.123. The summed E-state index contributed by atoms with van der Waals surface area (Å²) in [5.74, 6) is 1.37. The topological polar surface area (TPSA) is 79.9 Å². The third-order valence-corrected chi connectivity index (χ3v) is 6.18. The maximum absolute atomic E-state index is 12.6. The number of carbonyl (C=O) groups excluding carboxylic acids is 2. The van der Waals surface area contributed by atoms with E-state index in [9.17, 15) is 9.59 Å². The van der Waals surface area contributed by atoms with Crippen LogP contribution in [0, 0.1) is 5.92 Å². The Hall–Kier alpha value is -2.58. The first-order valence-electron chi connectivity index (χ1n) is 9.89. The first kappa shape index (κ1) is 19.7. The number of benzene rings is 1. The molecular formula is C21H25N3O4S. The molecule has 0 radical (unpaired) electrons. The van der Waals surface area contributed by atoms with Crippen molar-refractivity contribution in [3.05, 3.63) is 40.6 Å². The summed E-state index contributed by atoms with van der Waals surface area (Å²) in [6, 6.07) is 9.51. The number of rotatable bonds is 7. The van der Waals surface area contributed by atoms with Gasteiger partial charge in [-0.1, -0.05) is 6.07 Å². The Morgan fingerprint density at radius 1 is 1.14 bits per heavy atom. The number of amides is 2. The van der Waals surface area contributed by atoms with Crippen LogP contribution in [0.25, 0.3) is 0 Å². The molecule has 0 atom stereocenters. The van der Waals surface area contributed by atoms with Crippen molar-refractivity contribution in [3.8, 4) is 11.5 Å². The molecule has 0 bridgehead atoms. The van der Waals surface area contributed by atoms with E-state index in [2.05, 4.69) is 21.6 Å². The molecule has 4 rings (SSSR count). The van der Waals surface area contributed by atoms with Crippen molar-refractivity contribution in [1.82, 2.24) is 10.2 Å². The third kappa shape index (κ3) is 5.27. The number of hydrogen-bond donors (Lipinski definition) is 2. The summed E-state index contributed by atoms with van der Waals surface area (Å²) in [5.41, 5.74) is 0.715. The lowest BCUT2D eigenvalue weighted by Gasteiger charge is -2.30. The number of fused-ring (bicyclic) bond motifs is 1. The van der Waals surface area contributed by atoms with Crippen molar-refractivity contribution >= 4 is 28.8 Å². The minimum atomic E-state index is -0.0430. The zero-order valence-corrected chi connectivity index (χ0v) is 17.0. The Balaban J connectivity index is 1.17. The Morgan fingerprint density at radius 3 is 2.76 bits per heavy atom. The summed E-state index contributed by atoms with van der Waals surface area (Å²) in [5, 5.41) is 7.99. The maximum atomic E-state index is 12.6. The number of thiophene rings is 1. The van der Waals surface area contributed by atoms with Gasteiger partial charge in [0.25, 0.3) is 0 Å². The lowest BCUT2D eigenvalue weighted by atomic mass is 9.95. The van der Waals surface area contributed by atoms with Crippen molar-refractivity contribution in [1.29, 1.82) is 0 Å². The lowest BCUT2D eigenvalue weighted by Crippen LogP contribution is -2.43. The molecule has 2 N–H and O–H groups in total. The van der Waals surface area contributed by atoms with Gasteiger partial charge in [-0.3, -0.25) is 14.5 Å². The molecule has 2 aliphatic heterocycles. The molecule has 3 heterocycles. The van der Waals surface area contributed by atoms with E-state index in [1.165, 1.54) is 4.88 Å². The molecule has 0 saturated carbocycles. The minimum absolute atomic E-state index is 0.0175. The standard InChI is InChI=1S/C21H25N3O4S/c25-20(22-8-5-17-2-1-11-29-17)13-24-9-6-15(7-10-24)21(26)23-16-3-4-18-19(12-16)28-14-27-18/h1-4,11-12,15H,5-10,13-14H2,(H,22,25)(H,23,26). The summed E-state index contributed by atoms with van der Waals surface area (Å²) in [7, 11) is 0. The number of ether oxygens (including phenoxy) is 2. The first-order chi connectivity index (χ1) is 14.2. The van der Waals surface area contributed by atoms with Crippen LogP contribution in [0.5, 0.6) is 11.5 Å². The van der Waals surface area contributed by atoms with Crippen molar-refractivity contribution in [3.63, 3.8) is 0 Å². The second-order valence-corrected chi connectivity index (χ2v) is 8.32. The smallest absolute Gasteiger partial charge is 0.234 e. The summed E-state index contributed by atoms with van der Waals surface area (Å²) in [6.45, 7) is 2.76. The normalized spacial score (nSPS) is 16.6. The van der Waals surface area contributed by atoms with Crippen molar-refractivity contribution in [2.45, 2.75) is 19.3 Å². The van der Waals surface area contributed by atoms with Gasteiger partial charge in [-0.05, 0) is 55.9 Å². The largest absolute Gasteiger partial charge is 0.454 e. The predicted molar refractivity (Wildman–Crippen MR) is 111 cm³/mol. The van der Waals surface area contributed by atoms with Crippen molar-refractivity contribution < 1.29 is 19.1 Å². The van der Waals surface area contributed by atoms with Crippen LogP contribution in [0.1, 0.15) is 17.7 Å². The van der Waals surface area contributed by atoms with Gasteiger partial charge >= 0.3 is 0 Å². The molecule has 0 aliphatic carbocycles. The monoisotopic (exact) mass is 415 g/mol. The molecule has 1 fully saturated rings. The number of nitrogens with zero attached hydrogens (tertiary/aromatic N) is 1. The van der Waals surface area contributed by atoms with Gasteiger partial charge < -0.3 is 20.1 Å². The summed E-state index contributed by atoms with van der Waals surface area (Å²) in [4.78, 5) is 28.1. The Bertz CT molecular complexity index is 848. The highest BCUT2D eigenvalue weighted by Gasteiger charge is 2.26. The minimum Gasteiger partial charge on any atom is -0.454 e. The maximum Gasteiger partial charge on any atom is 0.234 e. The highest BCUT2D eigenvalue weighted by molar-refractivity contribution is 7.09. The van der Waals surface area contributed by atoms with Gasteiger partial charge in [0.2, 0.25) is 18.6 Å². The van der Waals surface area contributed by atoms with Crippen LogP contribution in [0.15, 0.2) is 35.7 Å². The van der Waals surface area contributed by atoms with E-state index < -0.39 is 0 Å². The zero-order valence-electron chi connectivity index (χ0n) is 16.2. The van der Waals surface area contributed by atoms with Gasteiger partial charge in [0.1, 0.15) is 0 Å². The van der Waals surface area contributed by atoms with E-state index in [-0.39, 0.29) is 24.5 Å². The second-order valence-electron chi connectivity index (χ2n) is 7.29. The van der Waals surface area contributed by atoms with Crippen LogP contribution in [0.4, 0.5) is 5.69 Å². The fraction of sp³-hybridized carbons (Fsp3) is 0.429. The summed E-state index contributed by atoms with van der Waals surface area (Å²) >= 11 is 1.71. The van der Waals surface area contributed by atoms with Crippen LogP contribution in [0.2, 0.25) is 0 Å². The molecule has 1 aromatic heterocycles. The SMILES string of the molecule is O=C(CN1CCC(C(=O)Nc2ccc3c(c2)OCO3)CC1)NCCc1cccs1. The summed E-state index contributed by atoms with van der Waals surface area (Å²) < 4.78 is 10.6. The molecule has 29 heavy (non-hydrogen) atoms. The van der Waals surface area contributed by atoms with E-state index in [1.807, 2.05) is 17.5 Å². The molecule has 2 amide bonds. The molecule has 0 unspecified atom stereocenters. The first-order valence-corrected chi connectivity index (χ1v) is 10.8. The van der Waals surface area contributed by atoms with Gasteiger partial charge in [-0.25, -0.2) is 0 Å². The quantitative estimate of drug-likeness (QED) is 0.726. The molecule has 7 nitrogen and oxygen atoms in total. The van der Waals surface area contributed by atoms with Crippen LogP contribution >= 0.6 is 11.3 Å². The van der Waals surface area contributed by atoms with Crippen LogP contribution in [-0.4, -0.2) is 49.7 Å². The van der Waals surface area contributed by atoms with E-state index in [4.69, 9.17) is 9.47 Å². The molecule has 8 heteroatoms. The third-order valence-electron chi connectivity index (χ3n) is 5.24. The van der Waals surface area contributed by atoms with Gasteiger partial charge in [0.15, 0.2) is 11.5 Å². The number of carbonyl (C=O) groups is 2. The molecular weight excluding hydrogens is 390 g/mol. The molecule has 2 aliphatic rings. The Morgan fingerprint density at radius 2 is 1.97 bits per heavy atom. The van der Waals surface area contributed by atoms with E-state index in [0.717, 1.165) is 32.4 Å². The Labute approximate surface area is 174 Å². The average Bonchev–Trinajstić information content (AvgIpc) is 3.40. The highest BCUT2D eigenvalue weighted by Crippen LogP contribution is 2.34.